The molecule has 0 bridgehead atoms. The van der Waals surface area contributed by atoms with Crippen molar-refractivity contribution in [3.63, 3.8) is 0 Å². The Labute approximate surface area is 115 Å². The summed E-state index contributed by atoms with van der Waals surface area (Å²) in [5.74, 6) is 0.436. The first-order chi connectivity index (χ1) is 8.65. The molecule has 0 N–H and O–H groups in total. The summed E-state index contributed by atoms with van der Waals surface area (Å²) in [6, 6.07) is 8.81. The van der Waals surface area contributed by atoms with Gasteiger partial charge in [-0.05, 0) is 24.3 Å². The minimum Gasteiger partial charge on any atom is -0.494 e. The Morgan fingerprint density at radius 3 is 2.67 bits per heavy atom. The van der Waals surface area contributed by atoms with E-state index in [2.05, 4.69) is 11.1 Å². The summed E-state index contributed by atoms with van der Waals surface area (Å²) in [6.45, 7) is 0. The number of rotatable bonds is 2. The molecule has 0 aliphatic heterocycles. The van der Waals surface area contributed by atoms with Crippen LogP contribution in [0.15, 0.2) is 30.5 Å². The first kappa shape index (κ1) is 12.7. The minimum absolute atomic E-state index is 0.411. The zero-order valence-electron chi connectivity index (χ0n) is 9.45. The lowest BCUT2D eigenvalue weighted by atomic mass is 10.1. The number of pyridine rings is 1. The molecule has 0 fully saturated rings. The van der Waals surface area contributed by atoms with Crippen LogP contribution in [0.25, 0.3) is 11.3 Å². The van der Waals surface area contributed by atoms with Crippen LogP contribution in [0.5, 0.6) is 5.75 Å². The van der Waals surface area contributed by atoms with Crippen molar-refractivity contribution in [2.45, 2.75) is 0 Å². The van der Waals surface area contributed by atoms with E-state index in [9.17, 15) is 0 Å². The van der Waals surface area contributed by atoms with E-state index >= 15 is 0 Å². The number of ether oxygens (including phenoxy) is 1. The summed E-state index contributed by atoms with van der Waals surface area (Å²) in [6.07, 6.45) is 1.50. The van der Waals surface area contributed by atoms with E-state index in [1.54, 1.807) is 24.3 Å². The SMILES string of the molecule is COc1cnc(-c2ccc(Cl)cc2Cl)cc1C#N. The first-order valence-electron chi connectivity index (χ1n) is 5.05. The lowest BCUT2D eigenvalue weighted by Gasteiger charge is -2.07. The van der Waals surface area contributed by atoms with Gasteiger partial charge in [-0.1, -0.05) is 23.2 Å². The third-order valence-electron chi connectivity index (χ3n) is 2.41. The van der Waals surface area contributed by atoms with Crippen LogP contribution in [0.2, 0.25) is 10.0 Å². The second kappa shape index (κ2) is 5.26. The third kappa shape index (κ3) is 2.40. The normalized spacial score (nSPS) is 9.89. The zero-order valence-corrected chi connectivity index (χ0v) is 11.0. The summed E-state index contributed by atoms with van der Waals surface area (Å²) in [4.78, 5) is 4.22. The molecule has 3 nitrogen and oxygen atoms in total. The van der Waals surface area contributed by atoms with E-state index in [-0.39, 0.29) is 0 Å². The monoisotopic (exact) mass is 278 g/mol. The Bertz CT molecular complexity index is 635. The van der Waals surface area contributed by atoms with Gasteiger partial charge >= 0.3 is 0 Å². The van der Waals surface area contributed by atoms with E-state index in [1.165, 1.54) is 13.3 Å². The van der Waals surface area contributed by atoms with Gasteiger partial charge in [0.25, 0.3) is 0 Å². The van der Waals surface area contributed by atoms with Crippen LogP contribution in [-0.4, -0.2) is 12.1 Å². The van der Waals surface area contributed by atoms with Crippen molar-refractivity contribution in [1.82, 2.24) is 4.98 Å². The van der Waals surface area contributed by atoms with Gasteiger partial charge in [0.15, 0.2) is 5.75 Å². The number of methoxy groups -OCH3 is 1. The molecule has 0 saturated heterocycles. The van der Waals surface area contributed by atoms with Gasteiger partial charge < -0.3 is 4.74 Å². The van der Waals surface area contributed by atoms with Gasteiger partial charge in [0, 0.05) is 10.6 Å². The molecule has 18 heavy (non-hydrogen) atoms. The summed E-state index contributed by atoms with van der Waals surface area (Å²) >= 11 is 11.9. The Morgan fingerprint density at radius 2 is 2.06 bits per heavy atom. The Balaban J connectivity index is 2.55. The van der Waals surface area contributed by atoms with Gasteiger partial charge in [-0.25, -0.2) is 0 Å². The fourth-order valence-electron chi connectivity index (χ4n) is 1.54. The highest BCUT2D eigenvalue weighted by Gasteiger charge is 2.09. The second-order valence-electron chi connectivity index (χ2n) is 3.51. The number of nitrogens with zero attached hydrogens (tertiary/aromatic N) is 2. The van der Waals surface area contributed by atoms with Crippen LogP contribution in [0.4, 0.5) is 0 Å². The van der Waals surface area contributed by atoms with Crippen LogP contribution in [0, 0.1) is 11.3 Å². The molecule has 2 aromatic rings. The molecule has 90 valence electrons. The standard InChI is InChI=1S/C13H8Cl2N2O/c1-18-13-7-17-12(4-8(13)6-16)10-3-2-9(14)5-11(10)15/h2-5,7H,1H3. The number of hydrogen-bond donors (Lipinski definition) is 0. The van der Waals surface area contributed by atoms with Gasteiger partial charge in [0.2, 0.25) is 0 Å². The molecule has 1 aromatic carbocycles. The molecular weight excluding hydrogens is 271 g/mol. The molecular formula is C13H8Cl2N2O. The number of halogens is 2. The predicted molar refractivity (Wildman–Crippen MR) is 71.0 cm³/mol. The number of aromatic nitrogens is 1. The number of benzene rings is 1. The molecule has 5 heteroatoms. The van der Waals surface area contributed by atoms with Crippen LogP contribution in [0.3, 0.4) is 0 Å². The minimum atomic E-state index is 0.411. The molecule has 0 aliphatic carbocycles. The van der Waals surface area contributed by atoms with E-state index in [0.29, 0.717) is 27.1 Å². The first-order valence-corrected chi connectivity index (χ1v) is 5.81. The maximum atomic E-state index is 9.02. The van der Waals surface area contributed by atoms with Crippen molar-refractivity contribution in [3.05, 3.63) is 46.1 Å². The maximum absolute atomic E-state index is 9.02. The molecule has 0 radical (unpaired) electrons. The second-order valence-corrected chi connectivity index (χ2v) is 4.35. The van der Waals surface area contributed by atoms with Gasteiger partial charge in [0.05, 0.1) is 29.6 Å². The largest absolute Gasteiger partial charge is 0.494 e. The maximum Gasteiger partial charge on any atom is 0.154 e. The smallest absolute Gasteiger partial charge is 0.154 e. The van der Waals surface area contributed by atoms with E-state index in [4.69, 9.17) is 33.2 Å². The van der Waals surface area contributed by atoms with Gasteiger partial charge in [0.1, 0.15) is 6.07 Å². The molecule has 0 atom stereocenters. The molecule has 0 spiro atoms. The molecule has 0 aliphatic rings. The van der Waals surface area contributed by atoms with Gasteiger partial charge in [-0.15, -0.1) is 0 Å². The predicted octanol–water partition coefficient (Wildman–Crippen LogP) is 3.94. The van der Waals surface area contributed by atoms with Crippen molar-refractivity contribution in [2.24, 2.45) is 0 Å². The average molecular weight is 279 g/mol. The summed E-state index contributed by atoms with van der Waals surface area (Å²) in [5, 5.41) is 10.1. The Morgan fingerprint density at radius 1 is 1.28 bits per heavy atom. The van der Waals surface area contributed by atoms with Gasteiger partial charge in [-0.2, -0.15) is 5.26 Å². The van der Waals surface area contributed by atoms with Crippen LogP contribution in [0.1, 0.15) is 5.56 Å². The highest BCUT2D eigenvalue weighted by Crippen LogP contribution is 2.31. The topological polar surface area (TPSA) is 45.9 Å². The van der Waals surface area contributed by atoms with Crippen molar-refractivity contribution < 1.29 is 4.74 Å². The van der Waals surface area contributed by atoms with Crippen LogP contribution >= 0.6 is 23.2 Å². The van der Waals surface area contributed by atoms with Crippen LogP contribution in [-0.2, 0) is 0 Å². The van der Waals surface area contributed by atoms with Crippen molar-refractivity contribution in [2.75, 3.05) is 7.11 Å². The molecule has 2 rings (SSSR count). The average Bonchev–Trinajstić information content (AvgIpc) is 2.38. The van der Waals surface area contributed by atoms with E-state index in [0.717, 1.165) is 5.56 Å². The lowest BCUT2D eigenvalue weighted by Crippen LogP contribution is -1.92. The van der Waals surface area contributed by atoms with Crippen molar-refractivity contribution in [1.29, 1.82) is 5.26 Å². The van der Waals surface area contributed by atoms with Crippen molar-refractivity contribution >= 4 is 23.2 Å². The van der Waals surface area contributed by atoms with E-state index < -0.39 is 0 Å². The Kier molecular flexibility index (Phi) is 3.71. The third-order valence-corrected chi connectivity index (χ3v) is 2.96. The quantitative estimate of drug-likeness (QED) is 0.836. The Hall–Kier alpha value is -1.76. The molecule has 0 unspecified atom stereocenters. The summed E-state index contributed by atoms with van der Waals surface area (Å²) in [5.41, 5.74) is 1.74. The van der Waals surface area contributed by atoms with E-state index in [1.807, 2.05) is 0 Å². The molecule has 1 aromatic heterocycles. The molecule has 0 amide bonds. The highest BCUT2D eigenvalue weighted by atomic mass is 35.5. The fourth-order valence-corrected chi connectivity index (χ4v) is 2.04. The molecule has 0 saturated carbocycles. The fraction of sp³-hybridized carbons (Fsp3) is 0.0769. The molecule has 1 heterocycles. The zero-order chi connectivity index (χ0) is 13.1. The lowest BCUT2D eigenvalue weighted by molar-refractivity contribution is 0.411. The summed E-state index contributed by atoms with van der Waals surface area (Å²) in [7, 11) is 1.49. The number of hydrogen-bond acceptors (Lipinski definition) is 3. The van der Waals surface area contributed by atoms with Gasteiger partial charge in [-0.3, -0.25) is 4.98 Å². The van der Waals surface area contributed by atoms with Crippen LogP contribution < -0.4 is 4.74 Å². The highest BCUT2D eigenvalue weighted by molar-refractivity contribution is 6.36. The summed E-state index contributed by atoms with van der Waals surface area (Å²) < 4.78 is 5.04. The van der Waals surface area contributed by atoms with Crippen molar-refractivity contribution in [3.8, 4) is 23.1 Å². The number of nitriles is 1.